The van der Waals surface area contributed by atoms with Gasteiger partial charge in [-0.05, 0) is 36.2 Å². The van der Waals surface area contributed by atoms with Crippen LogP contribution in [0.2, 0.25) is 0 Å². The maximum atomic E-state index is 5.82. The third kappa shape index (κ3) is 7.35. The highest BCUT2D eigenvalue weighted by Gasteiger charge is 2.02. The molecule has 4 nitrogen and oxygen atoms in total. The Morgan fingerprint density at radius 1 is 0.966 bits per heavy atom. The van der Waals surface area contributed by atoms with Crippen molar-refractivity contribution in [3.8, 4) is 17.0 Å². The molecule has 1 heterocycles. The van der Waals surface area contributed by atoms with E-state index in [9.17, 15) is 0 Å². The van der Waals surface area contributed by atoms with E-state index in [-0.39, 0.29) is 0 Å². The fourth-order valence-electron chi connectivity index (χ4n) is 2.95. The Kier molecular flexibility index (Phi) is 8.73. The number of anilines is 1. The van der Waals surface area contributed by atoms with Crippen LogP contribution in [-0.4, -0.2) is 17.8 Å². The molecule has 0 aliphatic heterocycles. The van der Waals surface area contributed by atoms with Crippen LogP contribution in [0.25, 0.3) is 11.3 Å². The van der Waals surface area contributed by atoms with Crippen molar-refractivity contribution in [3.63, 3.8) is 0 Å². The van der Waals surface area contributed by atoms with Crippen LogP contribution in [0.1, 0.15) is 51.0 Å². The molecule has 3 rings (SSSR count). The van der Waals surface area contributed by atoms with Gasteiger partial charge in [-0.1, -0.05) is 69.4 Å². The van der Waals surface area contributed by atoms with E-state index in [2.05, 4.69) is 34.6 Å². The Labute approximate surface area is 177 Å². The molecular formula is C24H29N3OS. The number of nitrogens with zero attached hydrogens (tertiary/aromatic N) is 2. The molecule has 0 radical (unpaired) electrons. The molecule has 0 amide bonds. The molecular weight excluding hydrogens is 378 g/mol. The van der Waals surface area contributed by atoms with Gasteiger partial charge in [-0.2, -0.15) is 5.10 Å². The average Bonchev–Trinajstić information content (AvgIpc) is 3.24. The zero-order valence-electron chi connectivity index (χ0n) is 17.0. The first-order valence-corrected chi connectivity index (χ1v) is 11.3. The summed E-state index contributed by atoms with van der Waals surface area (Å²) in [6.07, 6.45) is 9.45. The zero-order valence-corrected chi connectivity index (χ0v) is 17.8. The van der Waals surface area contributed by atoms with E-state index in [0.29, 0.717) is 0 Å². The Morgan fingerprint density at radius 2 is 1.72 bits per heavy atom. The van der Waals surface area contributed by atoms with Crippen molar-refractivity contribution < 1.29 is 4.74 Å². The molecule has 0 fully saturated rings. The van der Waals surface area contributed by atoms with E-state index >= 15 is 0 Å². The molecule has 0 unspecified atom stereocenters. The van der Waals surface area contributed by atoms with E-state index in [1.165, 1.54) is 32.1 Å². The average molecular weight is 408 g/mol. The van der Waals surface area contributed by atoms with Gasteiger partial charge < -0.3 is 4.74 Å². The standard InChI is InChI=1S/C24H29N3OS/c1-2-3-4-5-6-10-17-28-22-15-13-20(14-16-22)18-25-27-24-26-23(19-29-24)21-11-8-7-9-12-21/h7-9,11-16,18-19H,2-6,10,17H2,1H3,(H,26,27). The number of rotatable bonds is 12. The number of benzene rings is 2. The normalized spacial score (nSPS) is 11.1. The second kappa shape index (κ2) is 12.0. The summed E-state index contributed by atoms with van der Waals surface area (Å²) in [4.78, 5) is 4.56. The Hall–Kier alpha value is -2.66. The molecule has 1 aromatic heterocycles. The Bertz CT molecular complexity index is 859. The van der Waals surface area contributed by atoms with Crippen molar-refractivity contribution in [1.29, 1.82) is 0 Å². The highest BCUT2D eigenvalue weighted by molar-refractivity contribution is 7.14. The van der Waals surface area contributed by atoms with E-state index < -0.39 is 0 Å². The summed E-state index contributed by atoms with van der Waals surface area (Å²) in [6, 6.07) is 18.2. The van der Waals surface area contributed by atoms with Crippen molar-refractivity contribution in [2.24, 2.45) is 5.10 Å². The van der Waals surface area contributed by atoms with Crippen molar-refractivity contribution in [2.45, 2.75) is 45.4 Å². The van der Waals surface area contributed by atoms with Crippen molar-refractivity contribution in [3.05, 3.63) is 65.5 Å². The van der Waals surface area contributed by atoms with Gasteiger partial charge in [-0.3, -0.25) is 5.43 Å². The van der Waals surface area contributed by atoms with Crippen LogP contribution in [0.15, 0.2) is 65.1 Å². The summed E-state index contributed by atoms with van der Waals surface area (Å²) < 4.78 is 5.82. The fourth-order valence-corrected chi connectivity index (χ4v) is 3.62. The van der Waals surface area contributed by atoms with E-state index in [0.717, 1.165) is 40.7 Å². The van der Waals surface area contributed by atoms with Gasteiger partial charge >= 0.3 is 0 Å². The van der Waals surface area contributed by atoms with E-state index in [1.807, 2.05) is 47.8 Å². The lowest BCUT2D eigenvalue weighted by Gasteiger charge is -2.06. The van der Waals surface area contributed by atoms with Crippen LogP contribution < -0.4 is 10.2 Å². The number of ether oxygens (including phenoxy) is 1. The van der Waals surface area contributed by atoms with Gasteiger partial charge in [0.1, 0.15) is 5.75 Å². The third-order valence-electron chi connectivity index (χ3n) is 4.59. The predicted octanol–water partition coefficient (Wildman–Crippen LogP) is 7.00. The maximum absolute atomic E-state index is 5.82. The Balaban J connectivity index is 1.39. The van der Waals surface area contributed by atoms with Crippen LogP contribution in [0.4, 0.5) is 5.13 Å². The summed E-state index contributed by atoms with van der Waals surface area (Å²) >= 11 is 1.54. The van der Waals surface area contributed by atoms with Crippen LogP contribution in [0.3, 0.4) is 0 Å². The minimum absolute atomic E-state index is 0.777. The molecule has 5 heteroatoms. The van der Waals surface area contributed by atoms with Crippen LogP contribution in [0.5, 0.6) is 5.75 Å². The van der Waals surface area contributed by atoms with E-state index in [1.54, 1.807) is 17.6 Å². The molecule has 152 valence electrons. The topological polar surface area (TPSA) is 46.5 Å². The van der Waals surface area contributed by atoms with Crippen molar-refractivity contribution in [1.82, 2.24) is 4.98 Å². The van der Waals surface area contributed by atoms with Gasteiger partial charge in [0, 0.05) is 10.9 Å². The molecule has 0 aliphatic carbocycles. The second-order valence-electron chi connectivity index (χ2n) is 6.96. The molecule has 1 N–H and O–H groups in total. The molecule has 2 aromatic carbocycles. The van der Waals surface area contributed by atoms with Gasteiger partial charge in [0.15, 0.2) is 0 Å². The molecule has 0 saturated heterocycles. The number of nitrogens with one attached hydrogen (secondary N) is 1. The number of aromatic nitrogens is 1. The predicted molar refractivity (Wildman–Crippen MR) is 124 cm³/mol. The first-order chi connectivity index (χ1) is 14.3. The molecule has 0 atom stereocenters. The molecule has 0 spiro atoms. The summed E-state index contributed by atoms with van der Waals surface area (Å²) in [5.41, 5.74) is 6.09. The highest BCUT2D eigenvalue weighted by Crippen LogP contribution is 2.24. The monoisotopic (exact) mass is 407 g/mol. The number of unbranched alkanes of at least 4 members (excludes halogenated alkanes) is 5. The fraction of sp³-hybridized carbons (Fsp3) is 0.333. The highest BCUT2D eigenvalue weighted by atomic mass is 32.1. The molecule has 0 bridgehead atoms. The number of thiazole rings is 1. The first kappa shape index (κ1) is 21.1. The molecule has 0 aliphatic rings. The van der Waals surface area contributed by atoms with Gasteiger partial charge in [-0.25, -0.2) is 4.98 Å². The van der Waals surface area contributed by atoms with Crippen LogP contribution in [0, 0.1) is 0 Å². The quantitative estimate of drug-likeness (QED) is 0.200. The molecule has 29 heavy (non-hydrogen) atoms. The van der Waals surface area contributed by atoms with Gasteiger partial charge in [-0.15, -0.1) is 11.3 Å². The van der Waals surface area contributed by atoms with Gasteiger partial charge in [0.05, 0.1) is 18.5 Å². The maximum Gasteiger partial charge on any atom is 0.203 e. The van der Waals surface area contributed by atoms with E-state index in [4.69, 9.17) is 4.74 Å². The van der Waals surface area contributed by atoms with Gasteiger partial charge in [0.2, 0.25) is 5.13 Å². The second-order valence-corrected chi connectivity index (χ2v) is 7.82. The zero-order chi connectivity index (χ0) is 20.2. The number of hydrogen-bond donors (Lipinski definition) is 1. The number of hydrazone groups is 1. The number of hydrogen-bond acceptors (Lipinski definition) is 5. The van der Waals surface area contributed by atoms with Gasteiger partial charge in [0.25, 0.3) is 0 Å². The smallest absolute Gasteiger partial charge is 0.203 e. The summed E-state index contributed by atoms with van der Waals surface area (Å²) in [7, 11) is 0. The minimum Gasteiger partial charge on any atom is -0.494 e. The molecule has 0 saturated carbocycles. The van der Waals surface area contributed by atoms with Crippen molar-refractivity contribution >= 4 is 22.7 Å². The van der Waals surface area contributed by atoms with Crippen LogP contribution in [-0.2, 0) is 0 Å². The lowest BCUT2D eigenvalue weighted by Crippen LogP contribution is -1.97. The SMILES string of the molecule is CCCCCCCCOc1ccc(C=NNc2nc(-c3ccccc3)cs2)cc1. The summed E-state index contributed by atoms with van der Waals surface area (Å²) in [6.45, 7) is 3.03. The lowest BCUT2D eigenvalue weighted by atomic mass is 10.1. The summed E-state index contributed by atoms with van der Waals surface area (Å²) in [5.74, 6) is 0.913. The summed E-state index contributed by atoms with van der Waals surface area (Å²) in [5, 5.41) is 7.10. The molecule has 3 aromatic rings. The Morgan fingerprint density at radius 3 is 2.52 bits per heavy atom. The third-order valence-corrected chi connectivity index (χ3v) is 5.34. The lowest BCUT2D eigenvalue weighted by molar-refractivity contribution is 0.304. The first-order valence-electron chi connectivity index (χ1n) is 10.4. The minimum atomic E-state index is 0.777. The van der Waals surface area contributed by atoms with Crippen molar-refractivity contribution in [2.75, 3.05) is 12.0 Å². The largest absolute Gasteiger partial charge is 0.494 e. The van der Waals surface area contributed by atoms with Crippen LogP contribution >= 0.6 is 11.3 Å².